The number of para-hydroxylation sites is 2. The maximum absolute atomic E-state index is 12.4. The lowest BCUT2D eigenvalue weighted by molar-refractivity contribution is -0.152. The van der Waals surface area contributed by atoms with E-state index in [0.717, 1.165) is 35.4 Å². The first-order valence-electron chi connectivity index (χ1n) is 9.65. The number of phenols is 1. The van der Waals surface area contributed by atoms with Crippen LogP contribution in [0.25, 0.3) is 11.1 Å². The fourth-order valence-electron chi connectivity index (χ4n) is 3.51. The van der Waals surface area contributed by atoms with Crippen LogP contribution >= 0.6 is 0 Å². The predicted molar refractivity (Wildman–Crippen MR) is 105 cm³/mol. The first kappa shape index (κ1) is 19.0. The van der Waals surface area contributed by atoms with E-state index in [1.165, 1.54) is 12.1 Å². The minimum Gasteiger partial charge on any atom is -0.508 e. The molecule has 0 saturated carbocycles. The Labute approximate surface area is 167 Å². The van der Waals surface area contributed by atoms with Crippen LogP contribution in [0.4, 0.5) is 0 Å². The molecule has 1 saturated heterocycles. The number of fused-ring (bicyclic) bond motifs is 1. The standard InChI is InChI=1S/C22H22N2O5/c25-17-7-5-15(6-8-17)13-21(27)28-14-20(26)24-11-9-16(10-12-24)22-23-18-3-1-2-4-19(18)29-22/h1-8,16,25H,9-14H2. The van der Waals surface area contributed by atoms with Crippen LogP contribution in [0.1, 0.15) is 30.2 Å². The summed E-state index contributed by atoms with van der Waals surface area (Å²) in [6, 6.07) is 14.0. The summed E-state index contributed by atoms with van der Waals surface area (Å²) < 4.78 is 11.0. The number of carbonyl (C=O) groups excluding carboxylic acids is 2. The van der Waals surface area contributed by atoms with Gasteiger partial charge >= 0.3 is 5.97 Å². The van der Waals surface area contributed by atoms with E-state index < -0.39 is 5.97 Å². The maximum Gasteiger partial charge on any atom is 0.310 e. The van der Waals surface area contributed by atoms with E-state index >= 15 is 0 Å². The van der Waals surface area contributed by atoms with Crippen molar-refractivity contribution < 1.29 is 23.8 Å². The molecule has 3 aromatic rings. The van der Waals surface area contributed by atoms with E-state index in [4.69, 9.17) is 9.15 Å². The third kappa shape index (κ3) is 4.56. The van der Waals surface area contributed by atoms with Crippen LogP contribution in [0.5, 0.6) is 5.75 Å². The zero-order chi connectivity index (χ0) is 20.2. The number of likely N-dealkylation sites (tertiary alicyclic amines) is 1. The van der Waals surface area contributed by atoms with Crippen LogP contribution in [-0.4, -0.2) is 46.6 Å². The third-order valence-corrected chi connectivity index (χ3v) is 5.15. The molecule has 1 N–H and O–H groups in total. The number of phenolic OH excluding ortho intramolecular Hbond substituents is 1. The number of benzene rings is 2. The summed E-state index contributed by atoms with van der Waals surface area (Å²) in [5.41, 5.74) is 2.35. The second-order valence-electron chi connectivity index (χ2n) is 7.18. The number of ether oxygens (including phenoxy) is 1. The topological polar surface area (TPSA) is 92.9 Å². The first-order chi connectivity index (χ1) is 14.1. The highest BCUT2D eigenvalue weighted by molar-refractivity contribution is 5.81. The van der Waals surface area contributed by atoms with E-state index in [-0.39, 0.29) is 30.6 Å². The fourth-order valence-corrected chi connectivity index (χ4v) is 3.51. The molecule has 0 spiro atoms. The van der Waals surface area contributed by atoms with Crippen LogP contribution < -0.4 is 0 Å². The number of carbonyl (C=O) groups is 2. The summed E-state index contributed by atoms with van der Waals surface area (Å²) in [4.78, 5) is 30.6. The van der Waals surface area contributed by atoms with Gasteiger partial charge in [-0.15, -0.1) is 0 Å². The molecule has 150 valence electrons. The molecular weight excluding hydrogens is 372 g/mol. The van der Waals surface area contributed by atoms with Crippen molar-refractivity contribution in [2.45, 2.75) is 25.2 Å². The number of esters is 1. The summed E-state index contributed by atoms with van der Waals surface area (Å²) in [5, 5.41) is 9.26. The highest BCUT2D eigenvalue weighted by atomic mass is 16.5. The molecule has 0 unspecified atom stereocenters. The highest BCUT2D eigenvalue weighted by Crippen LogP contribution is 2.29. The minimum absolute atomic E-state index is 0.0629. The monoisotopic (exact) mass is 394 g/mol. The van der Waals surface area contributed by atoms with E-state index in [0.29, 0.717) is 13.1 Å². The number of amides is 1. The third-order valence-electron chi connectivity index (χ3n) is 5.15. The highest BCUT2D eigenvalue weighted by Gasteiger charge is 2.27. The van der Waals surface area contributed by atoms with Gasteiger partial charge in [0.2, 0.25) is 0 Å². The molecule has 0 atom stereocenters. The van der Waals surface area contributed by atoms with Crippen LogP contribution in [0.15, 0.2) is 52.9 Å². The molecule has 7 nitrogen and oxygen atoms in total. The van der Waals surface area contributed by atoms with Crippen molar-refractivity contribution in [3.63, 3.8) is 0 Å². The van der Waals surface area contributed by atoms with Gasteiger partial charge < -0.3 is 19.2 Å². The van der Waals surface area contributed by atoms with Crippen molar-refractivity contribution >= 4 is 23.0 Å². The second kappa shape index (κ2) is 8.34. The van der Waals surface area contributed by atoms with Gasteiger partial charge in [-0.25, -0.2) is 4.98 Å². The lowest BCUT2D eigenvalue weighted by Gasteiger charge is -2.30. The van der Waals surface area contributed by atoms with E-state index in [1.54, 1.807) is 17.0 Å². The molecule has 1 aliphatic heterocycles. The SMILES string of the molecule is O=C(Cc1ccc(O)cc1)OCC(=O)N1CCC(c2nc3ccccc3o2)CC1. The summed E-state index contributed by atoms with van der Waals surface area (Å²) in [6.45, 7) is 0.903. The van der Waals surface area contributed by atoms with Crippen molar-refractivity contribution in [2.24, 2.45) is 0 Å². The Morgan fingerprint density at radius 1 is 1.10 bits per heavy atom. The van der Waals surface area contributed by atoms with Crippen molar-refractivity contribution in [1.82, 2.24) is 9.88 Å². The molecular formula is C22H22N2O5. The van der Waals surface area contributed by atoms with Gasteiger partial charge in [0.25, 0.3) is 5.91 Å². The van der Waals surface area contributed by atoms with Crippen molar-refractivity contribution in [1.29, 1.82) is 0 Å². The lowest BCUT2D eigenvalue weighted by atomic mass is 9.97. The lowest BCUT2D eigenvalue weighted by Crippen LogP contribution is -2.40. The Hall–Kier alpha value is -3.35. The van der Waals surface area contributed by atoms with Crippen LogP contribution in [0.3, 0.4) is 0 Å². The smallest absolute Gasteiger partial charge is 0.310 e. The quantitative estimate of drug-likeness (QED) is 0.669. The van der Waals surface area contributed by atoms with Gasteiger partial charge in [0.05, 0.1) is 6.42 Å². The Morgan fingerprint density at radius 3 is 2.55 bits per heavy atom. The molecule has 1 amide bonds. The van der Waals surface area contributed by atoms with Gasteiger partial charge in [-0.3, -0.25) is 9.59 Å². The van der Waals surface area contributed by atoms with E-state index in [2.05, 4.69) is 4.98 Å². The normalized spacial score (nSPS) is 14.8. The Balaban J connectivity index is 1.24. The maximum atomic E-state index is 12.4. The molecule has 0 bridgehead atoms. The van der Waals surface area contributed by atoms with Gasteiger partial charge in [-0.1, -0.05) is 24.3 Å². The van der Waals surface area contributed by atoms with Gasteiger partial charge in [-0.05, 0) is 42.7 Å². The predicted octanol–water partition coefficient (Wildman–Crippen LogP) is 3.03. The fraction of sp³-hybridized carbons (Fsp3) is 0.318. The number of nitrogens with zero attached hydrogens (tertiary/aromatic N) is 2. The van der Waals surface area contributed by atoms with Crippen LogP contribution in [-0.2, 0) is 20.7 Å². The number of piperidine rings is 1. The van der Waals surface area contributed by atoms with E-state index in [1.807, 2.05) is 24.3 Å². The Bertz CT molecular complexity index is 970. The number of aromatic nitrogens is 1. The number of aromatic hydroxyl groups is 1. The minimum atomic E-state index is -0.467. The average Bonchev–Trinajstić information content (AvgIpc) is 3.18. The average molecular weight is 394 g/mol. The molecule has 0 radical (unpaired) electrons. The van der Waals surface area contributed by atoms with Crippen molar-refractivity contribution in [3.8, 4) is 5.75 Å². The largest absolute Gasteiger partial charge is 0.508 e. The number of rotatable bonds is 5. The first-order valence-corrected chi connectivity index (χ1v) is 9.65. The molecule has 7 heteroatoms. The molecule has 4 rings (SSSR count). The Morgan fingerprint density at radius 2 is 1.83 bits per heavy atom. The van der Waals surface area contributed by atoms with Gasteiger partial charge in [0.15, 0.2) is 18.1 Å². The van der Waals surface area contributed by atoms with Crippen LogP contribution in [0, 0.1) is 0 Å². The van der Waals surface area contributed by atoms with Gasteiger partial charge in [-0.2, -0.15) is 0 Å². The molecule has 2 heterocycles. The second-order valence-corrected chi connectivity index (χ2v) is 7.18. The zero-order valence-corrected chi connectivity index (χ0v) is 15.9. The molecule has 1 aliphatic rings. The number of oxazole rings is 1. The van der Waals surface area contributed by atoms with Gasteiger partial charge in [0, 0.05) is 19.0 Å². The van der Waals surface area contributed by atoms with E-state index in [9.17, 15) is 14.7 Å². The molecule has 1 aromatic heterocycles. The molecule has 29 heavy (non-hydrogen) atoms. The summed E-state index contributed by atoms with van der Waals surface area (Å²) >= 11 is 0. The molecule has 2 aromatic carbocycles. The summed E-state index contributed by atoms with van der Waals surface area (Å²) in [6.07, 6.45) is 1.59. The summed E-state index contributed by atoms with van der Waals surface area (Å²) in [7, 11) is 0. The molecule has 0 aliphatic carbocycles. The number of hydrogen-bond donors (Lipinski definition) is 1. The number of hydrogen-bond acceptors (Lipinski definition) is 6. The van der Waals surface area contributed by atoms with Crippen LogP contribution in [0.2, 0.25) is 0 Å². The Kier molecular flexibility index (Phi) is 5.46. The summed E-state index contributed by atoms with van der Waals surface area (Å²) in [5.74, 6) is 0.381. The van der Waals surface area contributed by atoms with Crippen molar-refractivity contribution in [2.75, 3.05) is 19.7 Å². The zero-order valence-electron chi connectivity index (χ0n) is 15.9. The molecule has 1 fully saturated rings. The van der Waals surface area contributed by atoms with Crippen molar-refractivity contribution in [3.05, 3.63) is 60.0 Å². The van der Waals surface area contributed by atoms with Gasteiger partial charge in [0.1, 0.15) is 11.3 Å².